The maximum Gasteiger partial charge on any atom is 0.407 e. The van der Waals surface area contributed by atoms with Gasteiger partial charge in [0.15, 0.2) is 0 Å². The summed E-state index contributed by atoms with van der Waals surface area (Å²) in [6, 6.07) is 0. The van der Waals surface area contributed by atoms with Gasteiger partial charge in [-0.15, -0.1) is 0 Å². The quantitative estimate of drug-likeness (QED) is 0.267. The number of carbonyl (C=O) groups excluding carboxylic acids is 3. The lowest BCUT2D eigenvalue weighted by Gasteiger charge is -2.07. The Morgan fingerprint density at radius 3 is 1.86 bits per heavy atom. The third-order valence-electron chi connectivity index (χ3n) is 4.22. The molecule has 0 aliphatic heterocycles. The van der Waals surface area contributed by atoms with Gasteiger partial charge >= 0.3 is 12.1 Å². The molecule has 0 saturated heterocycles. The summed E-state index contributed by atoms with van der Waals surface area (Å²) in [5, 5.41) is 5.62. The highest BCUT2D eigenvalue weighted by Gasteiger charge is 2.04. The second kappa shape index (κ2) is 20.0. The highest BCUT2D eigenvalue weighted by Crippen LogP contribution is 2.03. The van der Waals surface area contributed by atoms with Crippen molar-refractivity contribution in [3.63, 3.8) is 0 Å². The number of hydrogen-bond donors (Lipinski definition) is 2. The highest BCUT2D eigenvalue weighted by molar-refractivity contribution is 5.75. The van der Waals surface area contributed by atoms with E-state index in [9.17, 15) is 14.4 Å². The van der Waals surface area contributed by atoms with E-state index in [2.05, 4.69) is 17.6 Å². The van der Waals surface area contributed by atoms with E-state index < -0.39 is 0 Å². The molecule has 0 fully saturated rings. The van der Waals surface area contributed by atoms with Gasteiger partial charge in [0.05, 0.1) is 13.2 Å². The van der Waals surface area contributed by atoms with Crippen molar-refractivity contribution in [3.05, 3.63) is 0 Å². The van der Waals surface area contributed by atoms with Crippen LogP contribution in [0.2, 0.25) is 0 Å². The van der Waals surface area contributed by atoms with E-state index in [0.29, 0.717) is 39.1 Å². The van der Waals surface area contributed by atoms with Crippen LogP contribution in [0, 0.1) is 0 Å². The van der Waals surface area contributed by atoms with Crippen LogP contribution < -0.4 is 10.6 Å². The molecule has 0 aromatic carbocycles. The average Bonchev–Trinajstić information content (AvgIpc) is 2.67. The molecule has 0 aliphatic rings. The summed E-state index contributed by atoms with van der Waals surface area (Å²) in [7, 11) is 0. The lowest BCUT2D eigenvalue weighted by molar-refractivity contribution is -0.143. The predicted molar refractivity (Wildman–Crippen MR) is 110 cm³/mol. The maximum atomic E-state index is 11.7. The van der Waals surface area contributed by atoms with Crippen LogP contribution in [0.1, 0.15) is 90.9 Å². The molecule has 0 bridgehead atoms. The van der Waals surface area contributed by atoms with E-state index in [0.717, 1.165) is 64.2 Å². The summed E-state index contributed by atoms with van der Waals surface area (Å²) in [4.78, 5) is 34.5. The normalized spacial score (nSPS) is 10.4. The van der Waals surface area contributed by atoms with Crippen LogP contribution in [0.15, 0.2) is 0 Å². The van der Waals surface area contributed by atoms with Crippen LogP contribution in [-0.4, -0.2) is 44.3 Å². The van der Waals surface area contributed by atoms with Crippen molar-refractivity contribution in [1.82, 2.24) is 10.6 Å². The van der Waals surface area contributed by atoms with Crippen molar-refractivity contribution in [2.24, 2.45) is 0 Å². The standard InChI is InChI=1S/C21H40N2O5/c1-3-5-17-27-20(25)14-10-8-11-15-22-19(24)13-9-7-12-16-23-21(26)28-18-6-4-2/h3-18H2,1-2H3,(H,22,24)(H,23,26). The Labute approximate surface area is 170 Å². The van der Waals surface area contributed by atoms with Crippen LogP contribution in [0.5, 0.6) is 0 Å². The SMILES string of the molecule is CCCCOC(=O)CCCCCNC(=O)CCCCCNC(=O)OCCCC. The zero-order valence-corrected chi connectivity index (χ0v) is 17.9. The molecule has 0 heterocycles. The topological polar surface area (TPSA) is 93.7 Å². The molecule has 2 amide bonds. The second-order valence-electron chi connectivity index (χ2n) is 6.96. The van der Waals surface area contributed by atoms with Crippen molar-refractivity contribution in [2.75, 3.05) is 26.3 Å². The number of unbranched alkanes of at least 4 members (excludes halogenated alkanes) is 6. The van der Waals surface area contributed by atoms with Crippen LogP contribution >= 0.6 is 0 Å². The maximum absolute atomic E-state index is 11.7. The molecule has 0 aliphatic carbocycles. The lowest BCUT2D eigenvalue weighted by atomic mass is 10.1. The lowest BCUT2D eigenvalue weighted by Crippen LogP contribution is -2.26. The first-order valence-corrected chi connectivity index (χ1v) is 10.9. The van der Waals surface area contributed by atoms with Crippen LogP contribution in [-0.2, 0) is 19.1 Å². The number of amides is 2. The molecule has 0 unspecified atom stereocenters. The summed E-state index contributed by atoms with van der Waals surface area (Å²) in [5.41, 5.74) is 0. The smallest absolute Gasteiger partial charge is 0.407 e. The van der Waals surface area contributed by atoms with Gasteiger partial charge in [-0.1, -0.05) is 39.5 Å². The molecule has 0 atom stereocenters. The molecule has 0 aromatic rings. The van der Waals surface area contributed by atoms with Gasteiger partial charge in [-0.2, -0.15) is 0 Å². The summed E-state index contributed by atoms with van der Waals surface area (Å²) >= 11 is 0. The molecule has 0 radical (unpaired) electrons. The van der Waals surface area contributed by atoms with Gasteiger partial charge in [0.25, 0.3) is 0 Å². The third-order valence-corrected chi connectivity index (χ3v) is 4.22. The van der Waals surface area contributed by atoms with Gasteiger partial charge in [0, 0.05) is 25.9 Å². The minimum atomic E-state index is -0.361. The zero-order chi connectivity index (χ0) is 20.9. The highest BCUT2D eigenvalue weighted by atomic mass is 16.5. The number of rotatable bonds is 18. The number of hydrogen-bond acceptors (Lipinski definition) is 5. The Bertz CT molecular complexity index is 380. The van der Waals surface area contributed by atoms with Gasteiger partial charge in [0.1, 0.15) is 0 Å². The fourth-order valence-electron chi connectivity index (χ4n) is 2.43. The van der Waals surface area contributed by atoms with Gasteiger partial charge in [0.2, 0.25) is 5.91 Å². The number of alkyl carbamates (subject to hydrolysis) is 1. The Morgan fingerprint density at radius 1 is 0.643 bits per heavy atom. The number of carbonyl (C=O) groups is 3. The molecule has 7 nitrogen and oxygen atoms in total. The van der Waals surface area contributed by atoms with Crippen LogP contribution in [0.4, 0.5) is 4.79 Å². The molecule has 0 saturated carbocycles. The number of ether oxygens (including phenoxy) is 2. The first-order chi connectivity index (χ1) is 13.6. The Balaban J connectivity index is 3.35. The third kappa shape index (κ3) is 19.0. The van der Waals surface area contributed by atoms with Crippen LogP contribution in [0.3, 0.4) is 0 Å². The van der Waals surface area contributed by atoms with Crippen molar-refractivity contribution in [3.8, 4) is 0 Å². The minimum absolute atomic E-state index is 0.0610. The fraction of sp³-hybridized carbons (Fsp3) is 0.857. The largest absolute Gasteiger partial charge is 0.466 e. The minimum Gasteiger partial charge on any atom is -0.466 e. The fourth-order valence-corrected chi connectivity index (χ4v) is 2.43. The monoisotopic (exact) mass is 400 g/mol. The van der Waals surface area contributed by atoms with Crippen molar-refractivity contribution < 1.29 is 23.9 Å². The first-order valence-electron chi connectivity index (χ1n) is 10.9. The Morgan fingerprint density at radius 2 is 1.21 bits per heavy atom. The zero-order valence-electron chi connectivity index (χ0n) is 17.9. The number of esters is 1. The van der Waals surface area contributed by atoms with E-state index in [-0.39, 0.29) is 18.0 Å². The molecular formula is C21H40N2O5. The molecule has 0 aromatic heterocycles. The van der Waals surface area contributed by atoms with Gasteiger partial charge in [-0.25, -0.2) is 4.79 Å². The molecule has 0 rings (SSSR count). The molecule has 0 spiro atoms. The first kappa shape index (κ1) is 26.2. The Kier molecular flexibility index (Phi) is 18.7. The Hall–Kier alpha value is -1.79. The predicted octanol–water partition coefficient (Wildman–Crippen LogP) is 4.09. The number of nitrogens with one attached hydrogen (secondary N) is 2. The second-order valence-corrected chi connectivity index (χ2v) is 6.96. The van der Waals surface area contributed by atoms with Gasteiger partial charge in [-0.3, -0.25) is 9.59 Å². The van der Waals surface area contributed by atoms with Crippen LogP contribution in [0.25, 0.3) is 0 Å². The van der Waals surface area contributed by atoms with E-state index in [4.69, 9.17) is 9.47 Å². The molecule has 7 heteroatoms. The molecule has 164 valence electrons. The molecular weight excluding hydrogens is 360 g/mol. The summed E-state index contributed by atoms with van der Waals surface area (Å²) in [5.74, 6) is -0.0629. The van der Waals surface area contributed by atoms with Crippen molar-refractivity contribution in [1.29, 1.82) is 0 Å². The summed E-state index contributed by atoms with van der Waals surface area (Å²) in [6.07, 6.45) is 9.54. The van der Waals surface area contributed by atoms with E-state index in [1.54, 1.807) is 0 Å². The average molecular weight is 401 g/mol. The molecule has 2 N–H and O–H groups in total. The van der Waals surface area contributed by atoms with Gasteiger partial charge in [-0.05, 0) is 38.5 Å². The van der Waals surface area contributed by atoms with E-state index in [1.807, 2.05) is 6.92 Å². The van der Waals surface area contributed by atoms with Gasteiger partial charge < -0.3 is 20.1 Å². The molecule has 28 heavy (non-hydrogen) atoms. The summed E-state index contributed by atoms with van der Waals surface area (Å²) < 4.78 is 10.1. The summed E-state index contributed by atoms with van der Waals surface area (Å²) in [6.45, 7) is 6.32. The van der Waals surface area contributed by atoms with E-state index >= 15 is 0 Å². The van der Waals surface area contributed by atoms with E-state index in [1.165, 1.54) is 0 Å². The van der Waals surface area contributed by atoms with Crippen molar-refractivity contribution >= 4 is 18.0 Å². The van der Waals surface area contributed by atoms with Crippen molar-refractivity contribution in [2.45, 2.75) is 90.9 Å².